The minimum absolute atomic E-state index is 0.215. The van der Waals surface area contributed by atoms with E-state index < -0.39 is 5.54 Å². The molecule has 0 radical (unpaired) electrons. The molecule has 3 aromatic carbocycles. The van der Waals surface area contributed by atoms with Crippen molar-refractivity contribution in [3.8, 4) is 0 Å². The van der Waals surface area contributed by atoms with Gasteiger partial charge in [-0.2, -0.15) is 0 Å². The van der Waals surface area contributed by atoms with Crippen LogP contribution in [-0.2, 0) is 5.54 Å². The van der Waals surface area contributed by atoms with Crippen LogP contribution >= 0.6 is 11.3 Å². The lowest BCUT2D eigenvalue weighted by Crippen LogP contribution is -2.57. The Kier molecular flexibility index (Phi) is 3.81. The molecule has 0 atom stereocenters. The molecule has 0 aliphatic carbocycles. The Morgan fingerprint density at radius 3 is 2.23 bits per heavy atom. The summed E-state index contributed by atoms with van der Waals surface area (Å²) in [6, 6.07) is 16.1. The third-order valence-corrected chi connectivity index (χ3v) is 7.91. The molecule has 0 amide bonds. The molecule has 6 heteroatoms. The first-order chi connectivity index (χ1) is 14.6. The van der Waals surface area contributed by atoms with E-state index in [1.54, 1.807) is 11.3 Å². The van der Waals surface area contributed by atoms with Gasteiger partial charge >= 0.3 is 0 Å². The Morgan fingerprint density at radius 2 is 1.50 bits per heavy atom. The Hall–Kier alpha value is -2.80. The predicted octanol–water partition coefficient (Wildman–Crippen LogP) is 3.36. The molecule has 1 fully saturated rings. The third kappa shape index (κ3) is 2.24. The topological polar surface area (TPSA) is 77.1 Å². The van der Waals surface area contributed by atoms with E-state index in [0.717, 1.165) is 39.3 Å². The predicted molar refractivity (Wildman–Crippen MR) is 125 cm³/mol. The van der Waals surface area contributed by atoms with Crippen molar-refractivity contribution < 1.29 is 0 Å². The monoisotopic (exact) mass is 415 g/mol. The van der Waals surface area contributed by atoms with Crippen molar-refractivity contribution in [1.82, 2.24) is 9.88 Å². The molecular formula is C24H21N3O2S. The van der Waals surface area contributed by atoms with Gasteiger partial charge in [0, 0.05) is 37.5 Å². The summed E-state index contributed by atoms with van der Waals surface area (Å²) in [5.74, 6) is 0. The number of hydrogen-bond donors (Lipinski definition) is 2. The Labute approximate surface area is 176 Å². The molecule has 0 spiro atoms. The lowest BCUT2D eigenvalue weighted by molar-refractivity contribution is 0.205. The van der Waals surface area contributed by atoms with E-state index >= 15 is 0 Å². The first-order valence-corrected chi connectivity index (χ1v) is 11.1. The molecule has 1 aliphatic rings. The molecule has 3 heterocycles. The standard InChI is InChI=1S/C24H21N3O2S/c25-13-24(9-11-26-12-10-24)27-22(28)16-6-5-15-14-3-1-2-4-18(14)30-19-8-7-17(23(27)29)20(16)21(15)19/h1-8,26H,9-13,25H2. The molecule has 0 saturated carbocycles. The summed E-state index contributed by atoms with van der Waals surface area (Å²) in [5, 5.41) is 8.57. The molecule has 1 aliphatic heterocycles. The van der Waals surface area contributed by atoms with Crippen LogP contribution in [0.25, 0.3) is 41.7 Å². The minimum atomic E-state index is -0.626. The van der Waals surface area contributed by atoms with Crippen LogP contribution in [0.15, 0.2) is 58.1 Å². The molecule has 5 nitrogen and oxygen atoms in total. The highest BCUT2D eigenvalue weighted by atomic mass is 32.1. The van der Waals surface area contributed by atoms with Crippen LogP contribution in [0, 0.1) is 0 Å². The number of nitrogens with one attached hydrogen (secondary N) is 1. The number of nitrogens with two attached hydrogens (primary N) is 1. The Balaban J connectivity index is 1.81. The lowest BCUT2D eigenvalue weighted by Gasteiger charge is -2.38. The Bertz CT molecular complexity index is 1530. The summed E-state index contributed by atoms with van der Waals surface area (Å²) >= 11 is 1.70. The zero-order chi connectivity index (χ0) is 20.5. The van der Waals surface area contributed by atoms with Gasteiger partial charge in [0.2, 0.25) is 0 Å². The van der Waals surface area contributed by atoms with Gasteiger partial charge in [0.15, 0.2) is 0 Å². The van der Waals surface area contributed by atoms with Gasteiger partial charge in [0.05, 0.1) is 5.54 Å². The molecule has 3 N–H and O–H groups in total. The van der Waals surface area contributed by atoms with Gasteiger partial charge in [-0.15, -0.1) is 11.3 Å². The average Bonchev–Trinajstić information content (AvgIpc) is 2.79. The highest BCUT2D eigenvalue weighted by Crippen LogP contribution is 2.39. The molecule has 30 heavy (non-hydrogen) atoms. The van der Waals surface area contributed by atoms with E-state index in [0.29, 0.717) is 23.6 Å². The summed E-state index contributed by atoms with van der Waals surface area (Å²) in [6.07, 6.45) is 1.36. The molecule has 5 aromatic rings. The lowest BCUT2D eigenvalue weighted by atomic mass is 9.87. The van der Waals surface area contributed by atoms with Crippen LogP contribution in [-0.4, -0.2) is 24.2 Å². The van der Waals surface area contributed by atoms with Crippen LogP contribution in [0.2, 0.25) is 0 Å². The van der Waals surface area contributed by atoms with Crippen LogP contribution in [0.1, 0.15) is 12.8 Å². The summed E-state index contributed by atoms with van der Waals surface area (Å²) in [4.78, 5) is 27.3. The van der Waals surface area contributed by atoms with Gasteiger partial charge in [0.1, 0.15) is 0 Å². The fourth-order valence-electron chi connectivity index (χ4n) is 5.20. The SMILES string of the molecule is NCC1(n2c(=O)c3ccc4sc5ccccc5c5ccc(c2=O)c3c45)CCNCC1. The summed E-state index contributed by atoms with van der Waals surface area (Å²) in [5.41, 5.74) is 5.11. The first-order valence-electron chi connectivity index (χ1n) is 10.3. The number of rotatable bonds is 2. The fourth-order valence-corrected chi connectivity index (χ4v) is 6.32. The number of piperidine rings is 1. The quantitative estimate of drug-likeness (QED) is 0.342. The van der Waals surface area contributed by atoms with E-state index in [2.05, 4.69) is 17.4 Å². The molecule has 0 bridgehead atoms. The first kappa shape index (κ1) is 18.0. The fraction of sp³-hybridized carbons (Fsp3) is 0.250. The van der Waals surface area contributed by atoms with E-state index in [9.17, 15) is 9.59 Å². The second-order valence-corrected chi connectivity index (χ2v) is 9.33. The van der Waals surface area contributed by atoms with Crippen molar-refractivity contribution in [2.45, 2.75) is 18.4 Å². The number of fused-ring (bicyclic) bond motifs is 2. The smallest absolute Gasteiger partial charge is 0.261 e. The van der Waals surface area contributed by atoms with E-state index in [1.807, 2.05) is 36.4 Å². The molecule has 1 saturated heterocycles. The number of benzene rings is 3. The van der Waals surface area contributed by atoms with Gasteiger partial charge in [-0.3, -0.25) is 14.2 Å². The van der Waals surface area contributed by atoms with Crippen molar-refractivity contribution in [2.24, 2.45) is 5.73 Å². The third-order valence-electron chi connectivity index (χ3n) is 6.78. The highest BCUT2D eigenvalue weighted by molar-refractivity contribution is 7.25. The Morgan fingerprint density at radius 1 is 0.833 bits per heavy atom. The maximum atomic E-state index is 13.7. The van der Waals surface area contributed by atoms with Crippen molar-refractivity contribution in [1.29, 1.82) is 0 Å². The second-order valence-electron chi connectivity index (χ2n) is 8.24. The second kappa shape index (κ2) is 6.35. The summed E-state index contributed by atoms with van der Waals surface area (Å²) < 4.78 is 3.76. The number of pyridine rings is 1. The van der Waals surface area contributed by atoms with Gasteiger partial charge in [-0.1, -0.05) is 24.3 Å². The summed E-state index contributed by atoms with van der Waals surface area (Å²) in [6.45, 7) is 1.79. The molecule has 150 valence electrons. The van der Waals surface area contributed by atoms with Crippen molar-refractivity contribution in [3.63, 3.8) is 0 Å². The van der Waals surface area contributed by atoms with Crippen molar-refractivity contribution in [3.05, 3.63) is 69.2 Å². The van der Waals surface area contributed by atoms with Gasteiger partial charge < -0.3 is 11.1 Å². The van der Waals surface area contributed by atoms with E-state index in [4.69, 9.17) is 5.73 Å². The van der Waals surface area contributed by atoms with Gasteiger partial charge in [-0.05, 0) is 61.0 Å². The number of nitrogens with zero attached hydrogens (tertiary/aromatic N) is 1. The largest absolute Gasteiger partial charge is 0.328 e. The average molecular weight is 416 g/mol. The van der Waals surface area contributed by atoms with E-state index in [1.165, 1.54) is 9.27 Å². The van der Waals surface area contributed by atoms with Crippen molar-refractivity contribution >= 4 is 53.1 Å². The van der Waals surface area contributed by atoms with Gasteiger partial charge in [-0.25, -0.2) is 0 Å². The zero-order valence-corrected chi connectivity index (χ0v) is 17.2. The van der Waals surface area contributed by atoms with Gasteiger partial charge in [0.25, 0.3) is 11.1 Å². The summed E-state index contributed by atoms with van der Waals surface area (Å²) in [7, 11) is 0. The molecule has 0 unspecified atom stereocenters. The maximum Gasteiger partial charge on any atom is 0.261 e. The van der Waals surface area contributed by atoms with Crippen LogP contribution < -0.4 is 22.2 Å². The maximum absolute atomic E-state index is 13.7. The van der Waals surface area contributed by atoms with Crippen LogP contribution in [0.4, 0.5) is 0 Å². The molecule has 2 aromatic heterocycles. The normalized spacial score (nSPS) is 16.8. The zero-order valence-electron chi connectivity index (χ0n) is 16.4. The number of aromatic nitrogens is 1. The number of hydrogen-bond acceptors (Lipinski definition) is 5. The van der Waals surface area contributed by atoms with Crippen molar-refractivity contribution in [2.75, 3.05) is 19.6 Å². The molecular weight excluding hydrogens is 394 g/mol. The highest BCUT2D eigenvalue weighted by Gasteiger charge is 2.36. The molecule has 6 rings (SSSR count). The van der Waals surface area contributed by atoms with E-state index in [-0.39, 0.29) is 17.7 Å². The minimum Gasteiger partial charge on any atom is -0.328 e. The van der Waals surface area contributed by atoms with Crippen LogP contribution in [0.3, 0.4) is 0 Å². The van der Waals surface area contributed by atoms with Crippen LogP contribution in [0.5, 0.6) is 0 Å².